The summed E-state index contributed by atoms with van der Waals surface area (Å²) in [5.74, 6) is 0. The summed E-state index contributed by atoms with van der Waals surface area (Å²) in [4.78, 5) is 19.9. The van der Waals surface area contributed by atoms with Crippen LogP contribution in [0.5, 0.6) is 0 Å². The summed E-state index contributed by atoms with van der Waals surface area (Å²) in [5.41, 5.74) is -0.435. The number of piperazine rings is 1. The molecule has 3 unspecified atom stereocenters. The van der Waals surface area contributed by atoms with E-state index < -0.39 is 5.60 Å². The summed E-state index contributed by atoms with van der Waals surface area (Å²) in [7, 11) is 2.46. The normalized spacial score (nSPS) is 32.3. The number of hydrogen-bond donors (Lipinski definition) is 1. The van der Waals surface area contributed by atoms with Crippen LogP contribution in [0.15, 0.2) is 0 Å². The summed E-state index contributed by atoms with van der Waals surface area (Å²) in [6.07, 6.45) is 3.01. The minimum absolute atomic E-state index is 0.308. The molecule has 3 aliphatic heterocycles. The Bertz CT molecular complexity index is 523. The van der Waals surface area contributed by atoms with Gasteiger partial charge in [-0.2, -0.15) is 0 Å². The maximum absolute atomic E-state index is 11.8. The Labute approximate surface area is 165 Å². The number of quaternary nitrogens is 1. The van der Waals surface area contributed by atoms with Gasteiger partial charge in [0.25, 0.3) is 0 Å². The van der Waals surface area contributed by atoms with E-state index in [1.165, 1.54) is 50.2 Å². The van der Waals surface area contributed by atoms with Crippen molar-refractivity contribution in [3.63, 3.8) is 0 Å². The quantitative estimate of drug-likeness (QED) is 0.555. The molecule has 156 valence electrons. The molecule has 0 aromatic rings. The Balaban J connectivity index is 1.53. The number of amides is 1. The van der Waals surface area contributed by atoms with Crippen LogP contribution < -0.4 is 5.32 Å². The molecule has 7 nitrogen and oxygen atoms in total. The fourth-order valence-electron chi connectivity index (χ4n) is 5.06. The maximum Gasteiger partial charge on any atom is 0.407 e. The molecule has 0 bridgehead atoms. The molecule has 3 rings (SSSR count). The standard InChI is InChI=1S/C20H39N5O2/c1-6-9-24-14-16-25(5)15-13-23-12-11-22(17(23)18(24)25)10-7-8-21-19(26)27-20(2,3)4/h17-18H,6-16H2,1-5H3/p+1. The van der Waals surface area contributed by atoms with Gasteiger partial charge in [0.15, 0.2) is 6.17 Å². The molecular weight excluding hydrogens is 342 g/mol. The van der Waals surface area contributed by atoms with Gasteiger partial charge in [-0.05, 0) is 33.6 Å². The molecule has 3 atom stereocenters. The SMILES string of the molecule is CCCN1CC[N+]2(C)CCN3CCN(CCCNC(=O)OC(C)(C)C)C3C12. The molecule has 3 heterocycles. The molecule has 1 N–H and O–H groups in total. The minimum Gasteiger partial charge on any atom is -0.444 e. The number of fused-ring (bicyclic) bond motifs is 3. The number of carbonyl (C=O) groups is 1. The first-order valence-electron chi connectivity index (χ1n) is 10.8. The van der Waals surface area contributed by atoms with Crippen LogP contribution in [0.1, 0.15) is 40.5 Å². The number of nitrogens with zero attached hydrogens (tertiary/aromatic N) is 4. The highest BCUT2D eigenvalue weighted by molar-refractivity contribution is 5.67. The smallest absolute Gasteiger partial charge is 0.407 e. The molecule has 3 fully saturated rings. The molecular formula is C20H40N5O2+. The number of ether oxygens (including phenoxy) is 1. The van der Waals surface area contributed by atoms with Crippen molar-refractivity contribution in [1.82, 2.24) is 20.0 Å². The van der Waals surface area contributed by atoms with Crippen molar-refractivity contribution in [2.45, 2.75) is 58.5 Å². The van der Waals surface area contributed by atoms with Crippen LogP contribution in [0.4, 0.5) is 4.79 Å². The Morgan fingerprint density at radius 3 is 2.56 bits per heavy atom. The van der Waals surface area contributed by atoms with Gasteiger partial charge in [-0.25, -0.2) is 9.69 Å². The summed E-state index contributed by atoms with van der Waals surface area (Å²) < 4.78 is 6.53. The number of nitrogens with one attached hydrogen (secondary N) is 1. The molecule has 0 spiro atoms. The van der Waals surface area contributed by atoms with E-state index in [1.54, 1.807) is 0 Å². The molecule has 0 aromatic carbocycles. The number of hydrogen-bond acceptors (Lipinski definition) is 5. The van der Waals surface area contributed by atoms with Crippen molar-refractivity contribution in [2.24, 2.45) is 0 Å². The van der Waals surface area contributed by atoms with Gasteiger partial charge in [0.2, 0.25) is 0 Å². The average Bonchev–Trinajstić information content (AvgIpc) is 3.11. The van der Waals surface area contributed by atoms with Crippen LogP contribution in [-0.4, -0.2) is 109 Å². The highest BCUT2D eigenvalue weighted by atomic mass is 16.6. The molecule has 0 saturated carbocycles. The van der Waals surface area contributed by atoms with Crippen molar-refractivity contribution in [3.8, 4) is 0 Å². The number of rotatable bonds is 6. The third kappa shape index (κ3) is 4.75. The first-order chi connectivity index (χ1) is 12.7. The summed E-state index contributed by atoms with van der Waals surface area (Å²) in [5, 5.41) is 2.90. The first kappa shape index (κ1) is 20.8. The molecule has 3 saturated heterocycles. The predicted octanol–water partition coefficient (Wildman–Crippen LogP) is 1.36. The highest BCUT2D eigenvalue weighted by Crippen LogP contribution is 2.35. The van der Waals surface area contributed by atoms with Crippen LogP contribution in [-0.2, 0) is 4.74 Å². The summed E-state index contributed by atoms with van der Waals surface area (Å²) in [6, 6.07) is 0. The third-order valence-corrected chi connectivity index (χ3v) is 6.30. The maximum atomic E-state index is 11.8. The van der Waals surface area contributed by atoms with Crippen LogP contribution in [0.25, 0.3) is 0 Å². The third-order valence-electron chi connectivity index (χ3n) is 6.30. The van der Waals surface area contributed by atoms with Gasteiger partial charge in [-0.15, -0.1) is 0 Å². The van der Waals surface area contributed by atoms with E-state index in [2.05, 4.69) is 34.0 Å². The monoisotopic (exact) mass is 382 g/mol. The largest absolute Gasteiger partial charge is 0.444 e. The minimum atomic E-state index is -0.435. The Kier molecular flexibility index (Phi) is 6.35. The second kappa shape index (κ2) is 8.23. The lowest BCUT2D eigenvalue weighted by atomic mass is 10.1. The van der Waals surface area contributed by atoms with Gasteiger partial charge < -0.3 is 14.5 Å². The van der Waals surface area contributed by atoms with Crippen molar-refractivity contribution in [3.05, 3.63) is 0 Å². The van der Waals surface area contributed by atoms with E-state index >= 15 is 0 Å². The van der Waals surface area contributed by atoms with E-state index in [-0.39, 0.29) is 6.09 Å². The fraction of sp³-hybridized carbons (Fsp3) is 0.950. The van der Waals surface area contributed by atoms with Gasteiger partial charge in [0.05, 0.1) is 26.7 Å². The number of alkyl carbamates (subject to hydrolysis) is 1. The van der Waals surface area contributed by atoms with Crippen LogP contribution in [0, 0.1) is 0 Å². The summed E-state index contributed by atoms with van der Waals surface area (Å²) in [6.45, 7) is 18.2. The molecule has 27 heavy (non-hydrogen) atoms. The van der Waals surface area contributed by atoms with Gasteiger partial charge in [-0.3, -0.25) is 9.80 Å². The number of carbonyl (C=O) groups excluding carboxylic acids is 1. The predicted molar refractivity (Wildman–Crippen MR) is 107 cm³/mol. The first-order valence-corrected chi connectivity index (χ1v) is 10.8. The fourth-order valence-corrected chi connectivity index (χ4v) is 5.06. The Morgan fingerprint density at radius 2 is 1.85 bits per heavy atom. The lowest BCUT2D eigenvalue weighted by Gasteiger charge is -2.50. The zero-order chi connectivity index (χ0) is 19.7. The zero-order valence-corrected chi connectivity index (χ0v) is 18.0. The van der Waals surface area contributed by atoms with Crippen molar-refractivity contribution >= 4 is 6.09 Å². The van der Waals surface area contributed by atoms with E-state index in [0.717, 1.165) is 19.5 Å². The topological polar surface area (TPSA) is 48.0 Å². The second-order valence-corrected chi connectivity index (χ2v) is 9.64. The van der Waals surface area contributed by atoms with Crippen LogP contribution in [0.2, 0.25) is 0 Å². The van der Waals surface area contributed by atoms with Crippen LogP contribution >= 0.6 is 0 Å². The van der Waals surface area contributed by atoms with Crippen LogP contribution in [0.3, 0.4) is 0 Å². The summed E-state index contributed by atoms with van der Waals surface area (Å²) >= 11 is 0. The molecule has 0 aliphatic carbocycles. The number of likely N-dealkylation sites (N-methyl/N-ethyl adjacent to an activating group) is 1. The molecule has 1 amide bonds. The van der Waals surface area contributed by atoms with Crippen molar-refractivity contribution in [1.29, 1.82) is 0 Å². The Hall–Kier alpha value is -0.890. The highest BCUT2D eigenvalue weighted by Gasteiger charge is 2.56. The Morgan fingerprint density at radius 1 is 1.11 bits per heavy atom. The molecule has 7 heteroatoms. The van der Waals surface area contributed by atoms with Gasteiger partial charge in [0, 0.05) is 39.3 Å². The van der Waals surface area contributed by atoms with Crippen molar-refractivity contribution < 1.29 is 14.0 Å². The van der Waals surface area contributed by atoms with E-state index in [9.17, 15) is 4.79 Å². The van der Waals surface area contributed by atoms with E-state index in [0.29, 0.717) is 18.9 Å². The lowest BCUT2D eigenvalue weighted by Crippen LogP contribution is -2.69. The van der Waals surface area contributed by atoms with E-state index in [4.69, 9.17) is 4.74 Å². The molecule has 3 aliphatic rings. The molecule has 0 radical (unpaired) electrons. The lowest BCUT2D eigenvalue weighted by molar-refractivity contribution is -0.935. The van der Waals surface area contributed by atoms with Gasteiger partial charge in [0.1, 0.15) is 11.8 Å². The average molecular weight is 383 g/mol. The van der Waals surface area contributed by atoms with Crippen molar-refractivity contribution in [2.75, 3.05) is 66.0 Å². The molecule has 0 aromatic heterocycles. The second-order valence-electron chi connectivity index (χ2n) is 9.64. The van der Waals surface area contributed by atoms with Gasteiger partial charge in [-0.1, -0.05) is 6.92 Å². The van der Waals surface area contributed by atoms with E-state index in [1.807, 2.05) is 20.8 Å². The van der Waals surface area contributed by atoms with Gasteiger partial charge >= 0.3 is 6.09 Å². The zero-order valence-electron chi connectivity index (χ0n) is 18.0.